The zero-order valence-corrected chi connectivity index (χ0v) is 17.9. The Balaban J connectivity index is 2.94. The standard InChI is InChI=1S/C18H17F3NOSi.W/c1-5-16(18(19,20)21)9-11-22-17(23)15-8-6-7-14(13-15)10-12-24(2,3)4;/h1,5-9,13H,2-4H3,(H,22,23);/q-1;/b16-9+;. The zero-order chi connectivity index (χ0) is 19.3. The molecule has 0 spiro atoms. The van der Waals surface area contributed by atoms with Crippen molar-refractivity contribution >= 4 is 18.0 Å². The van der Waals surface area contributed by atoms with Crippen LogP contribution in [-0.4, -0.2) is 24.2 Å². The van der Waals surface area contributed by atoms with Crippen LogP contribution in [0.1, 0.15) is 15.9 Å². The van der Waals surface area contributed by atoms with E-state index in [-0.39, 0.29) is 4.02 Å². The summed E-state index contributed by atoms with van der Waals surface area (Å²) in [5.41, 5.74) is 3.22. The van der Waals surface area contributed by atoms with Gasteiger partial charge in [-0.05, 0) is 0 Å². The van der Waals surface area contributed by atoms with Crippen molar-refractivity contribution in [2.75, 3.05) is 0 Å². The number of alkyl halides is 3. The first-order valence-corrected chi connectivity index (χ1v) is 12.2. The van der Waals surface area contributed by atoms with Gasteiger partial charge in [-0.3, -0.25) is 0 Å². The molecule has 0 atom stereocenters. The number of carbonyl (C=O) groups is 1. The molecule has 0 saturated carbocycles. The third-order valence-electron chi connectivity index (χ3n) is 2.74. The van der Waals surface area contributed by atoms with Crippen molar-refractivity contribution in [1.29, 1.82) is 0 Å². The number of rotatable bonds is 4. The summed E-state index contributed by atoms with van der Waals surface area (Å²) in [6.45, 7) is 11.3. The van der Waals surface area contributed by atoms with Crippen molar-refractivity contribution in [3.63, 3.8) is 0 Å². The number of halogens is 3. The molecule has 1 aromatic rings. The quantitative estimate of drug-likeness (QED) is 0.272. The molecule has 1 amide bonds. The van der Waals surface area contributed by atoms with E-state index in [1.165, 1.54) is 0 Å². The summed E-state index contributed by atoms with van der Waals surface area (Å²) in [7, 11) is -1.54. The summed E-state index contributed by atoms with van der Waals surface area (Å²) in [6, 6.07) is 6.68. The number of hydrogen-bond acceptors (Lipinski definition) is 1. The van der Waals surface area contributed by atoms with Crippen LogP contribution < -0.4 is 5.32 Å². The fourth-order valence-corrected chi connectivity index (χ4v) is 2.89. The van der Waals surface area contributed by atoms with E-state index in [1.807, 2.05) is 0 Å². The van der Waals surface area contributed by atoms with E-state index in [1.54, 1.807) is 24.3 Å². The summed E-state index contributed by atoms with van der Waals surface area (Å²) in [4.78, 5) is 12.2. The van der Waals surface area contributed by atoms with Crippen LogP contribution in [0.4, 0.5) is 13.2 Å². The van der Waals surface area contributed by atoms with Gasteiger partial charge in [0.05, 0.1) is 0 Å². The fraction of sp³-hybridized carbons (Fsp3) is 0.222. The normalized spacial score (nSPS) is 12.0. The van der Waals surface area contributed by atoms with E-state index < -0.39 is 25.7 Å². The Kier molecular flexibility index (Phi) is 7.34. The average molecular weight is 532 g/mol. The van der Waals surface area contributed by atoms with Crippen LogP contribution in [0.5, 0.6) is 0 Å². The van der Waals surface area contributed by atoms with Crippen molar-refractivity contribution in [3.05, 3.63) is 59.7 Å². The van der Waals surface area contributed by atoms with Crippen LogP contribution in [0.3, 0.4) is 0 Å². The fourth-order valence-electron chi connectivity index (χ4n) is 1.58. The molecule has 1 N–H and O–H groups in total. The van der Waals surface area contributed by atoms with Crippen molar-refractivity contribution in [1.82, 2.24) is 5.32 Å². The molecule has 7 heteroatoms. The minimum atomic E-state index is -4.56. The van der Waals surface area contributed by atoms with Gasteiger partial charge in [-0.2, -0.15) is 0 Å². The molecule has 0 unspecified atom stereocenters. The van der Waals surface area contributed by atoms with Crippen LogP contribution in [0, 0.1) is 18.0 Å². The molecule has 1 rings (SSSR count). The Morgan fingerprint density at radius 3 is 2.48 bits per heavy atom. The molecule has 0 aliphatic heterocycles. The molecule has 0 radical (unpaired) electrons. The summed E-state index contributed by atoms with van der Waals surface area (Å²) in [5, 5.41) is 2.46. The second-order valence-electron chi connectivity index (χ2n) is 6.16. The first kappa shape index (κ1) is 21.3. The number of allylic oxidation sites excluding steroid dienone is 2. The third kappa shape index (κ3) is 7.81. The van der Waals surface area contributed by atoms with Crippen LogP contribution in [0.15, 0.2) is 42.0 Å². The Morgan fingerprint density at radius 2 is 1.96 bits per heavy atom. The van der Waals surface area contributed by atoms with Gasteiger partial charge in [-0.15, -0.1) is 0 Å². The van der Waals surface area contributed by atoms with Gasteiger partial charge >= 0.3 is 158 Å². The Morgan fingerprint density at radius 1 is 1.32 bits per heavy atom. The maximum absolute atomic E-state index is 12.7. The molecule has 2 nitrogen and oxygen atoms in total. The van der Waals surface area contributed by atoms with Crippen molar-refractivity contribution in [3.8, 4) is 11.5 Å². The van der Waals surface area contributed by atoms with Crippen molar-refractivity contribution in [2.45, 2.75) is 25.8 Å². The number of carbonyl (C=O) groups excluding carboxylic acids is 1. The van der Waals surface area contributed by atoms with Crippen molar-refractivity contribution in [2.24, 2.45) is 0 Å². The summed E-state index contributed by atoms with van der Waals surface area (Å²) in [6.07, 6.45) is -3.27. The number of nitrogens with one attached hydrogen (secondary N) is 1. The van der Waals surface area contributed by atoms with Crippen LogP contribution in [-0.2, 0) is 19.4 Å². The molecule has 0 aliphatic carbocycles. The molecule has 0 aromatic heterocycles. The molecular weight excluding hydrogens is 515 g/mol. The predicted octanol–water partition coefficient (Wildman–Crippen LogP) is 3.80. The van der Waals surface area contributed by atoms with E-state index in [9.17, 15) is 18.0 Å². The SMILES string of the molecule is [CH-]=C/C(=C\[C](=[W])NC(=O)c1cccc(C#C[Si](C)(C)C)c1)C(F)(F)F. The van der Waals surface area contributed by atoms with E-state index in [4.69, 9.17) is 6.58 Å². The molecular formula is C18H17F3NOSiW-. The summed E-state index contributed by atoms with van der Waals surface area (Å²) >= 11 is 0.682. The molecule has 1 aromatic carbocycles. The van der Waals surface area contributed by atoms with E-state index in [0.717, 1.165) is 6.08 Å². The Labute approximate surface area is 157 Å². The molecule has 0 saturated heterocycles. The maximum atomic E-state index is 12.7. The van der Waals surface area contributed by atoms with Crippen LogP contribution in [0.25, 0.3) is 0 Å². The molecule has 25 heavy (non-hydrogen) atoms. The summed E-state index contributed by atoms with van der Waals surface area (Å²) < 4.78 is 38.1. The van der Waals surface area contributed by atoms with Gasteiger partial charge in [0.2, 0.25) is 0 Å². The number of benzene rings is 1. The zero-order valence-electron chi connectivity index (χ0n) is 14.0. The van der Waals surface area contributed by atoms with Gasteiger partial charge in [0.15, 0.2) is 0 Å². The molecule has 0 aliphatic rings. The first-order valence-electron chi connectivity index (χ1n) is 7.25. The van der Waals surface area contributed by atoms with Crippen molar-refractivity contribution < 1.29 is 37.3 Å². The Bertz CT molecular complexity index is 780. The van der Waals surface area contributed by atoms with E-state index in [2.05, 4.69) is 36.4 Å². The first-order chi connectivity index (χ1) is 11.4. The predicted molar refractivity (Wildman–Crippen MR) is 92.1 cm³/mol. The third-order valence-corrected chi connectivity index (χ3v) is 4.40. The van der Waals surface area contributed by atoms with E-state index in [0.29, 0.717) is 36.6 Å². The average Bonchev–Trinajstić information content (AvgIpc) is 2.49. The van der Waals surface area contributed by atoms with Gasteiger partial charge in [0, 0.05) is 0 Å². The Hall–Kier alpha value is -1.70. The van der Waals surface area contributed by atoms with Gasteiger partial charge in [0.25, 0.3) is 0 Å². The number of hydrogen-bond donors (Lipinski definition) is 1. The molecule has 0 heterocycles. The van der Waals surface area contributed by atoms with Gasteiger partial charge < -0.3 is 0 Å². The van der Waals surface area contributed by atoms with Crippen LogP contribution in [0.2, 0.25) is 19.6 Å². The molecule has 132 valence electrons. The van der Waals surface area contributed by atoms with E-state index >= 15 is 0 Å². The minimum absolute atomic E-state index is 0.123. The summed E-state index contributed by atoms with van der Waals surface area (Å²) in [5.74, 6) is 2.55. The van der Waals surface area contributed by atoms with Gasteiger partial charge in [0.1, 0.15) is 0 Å². The van der Waals surface area contributed by atoms with Gasteiger partial charge in [-0.25, -0.2) is 0 Å². The molecule has 0 bridgehead atoms. The second kappa shape index (κ2) is 8.60. The number of amides is 1. The second-order valence-corrected chi connectivity index (χ2v) is 12.5. The van der Waals surface area contributed by atoms with Gasteiger partial charge in [-0.1, -0.05) is 0 Å². The topological polar surface area (TPSA) is 29.1 Å². The van der Waals surface area contributed by atoms with Crippen LogP contribution >= 0.6 is 0 Å². The monoisotopic (exact) mass is 532 g/mol. The molecule has 0 fully saturated rings.